The van der Waals surface area contributed by atoms with Gasteiger partial charge in [-0.3, -0.25) is 0 Å². The standard InChI is InChI=1S/C13H20F3N3/c1-10-4-2-5-11(18-10)12-8-17-9-19(12)7-3-6-13(14,15)16/h8-11,18H,2-7H2,1H3. The molecule has 2 rings (SSSR count). The summed E-state index contributed by atoms with van der Waals surface area (Å²) in [6.45, 7) is 2.51. The van der Waals surface area contributed by atoms with E-state index >= 15 is 0 Å². The predicted octanol–water partition coefficient (Wildman–Crippen LogP) is 3.43. The van der Waals surface area contributed by atoms with Gasteiger partial charge in [-0.25, -0.2) is 4.98 Å². The fraction of sp³-hybridized carbons (Fsp3) is 0.769. The van der Waals surface area contributed by atoms with Gasteiger partial charge in [0.1, 0.15) is 0 Å². The first-order chi connectivity index (χ1) is 8.96. The molecule has 2 unspecified atom stereocenters. The van der Waals surface area contributed by atoms with Crippen molar-refractivity contribution in [3.05, 3.63) is 18.2 Å². The third kappa shape index (κ3) is 4.23. The molecule has 0 spiro atoms. The minimum Gasteiger partial charge on any atom is -0.333 e. The van der Waals surface area contributed by atoms with E-state index in [1.54, 1.807) is 12.5 Å². The second kappa shape index (κ2) is 5.94. The molecule has 0 saturated carbocycles. The Morgan fingerprint density at radius 3 is 2.89 bits per heavy atom. The number of alkyl halides is 3. The molecule has 108 valence electrons. The van der Waals surface area contributed by atoms with E-state index < -0.39 is 12.6 Å². The summed E-state index contributed by atoms with van der Waals surface area (Å²) in [6, 6.07) is 0.675. The Hall–Kier alpha value is -1.04. The summed E-state index contributed by atoms with van der Waals surface area (Å²) < 4.78 is 38.3. The molecule has 1 saturated heterocycles. The van der Waals surface area contributed by atoms with E-state index in [0.29, 0.717) is 12.6 Å². The highest BCUT2D eigenvalue weighted by Gasteiger charge is 2.27. The predicted molar refractivity (Wildman–Crippen MR) is 66.7 cm³/mol. The van der Waals surface area contributed by atoms with Gasteiger partial charge in [0.05, 0.1) is 12.0 Å². The van der Waals surface area contributed by atoms with Crippen molar-refractivity contribution < 1.29 is 13.2 Å². The maximum Gasteiger partial charge on any atom is 0.389 e. The molecule has 0 radical (unpaired) electrons. The van der Waals surface area contributed by atoms with Crippen LogP contribution in [0.3, 0.4) is 0 Å². The van der Waals surface area contributed by atoms with Crippen LogP contribution in [-0.2, 0) is 6.54 Å². The lowest BCUT2D eigenvalue weighted by Crippen LogP contribution is -2.35. The molecule has 6 heteroatoms. The number of aryl methyl sites for hydroxylation is 1. The van der Waals surface area contributed by atoms with Crippen molar-refractivity contribution in [3.63, 3.8) is 0 Å². The number of halogens is 3. The zero-order valence-electron chi connectivity index (χ0n) is 11.1. The lowest BCUT2D eigenvalue weighted by Gasteiger charge is -2.29. The van der Waals surface area contributed by atoms with Crippen LogP contribution in [0.15, 0.2) is 12.5 Å². The Morgan fingerprint density at radius 1 is 1.42 bits per heavy atom. The van der Waals surface area contributed by atoms with Gasteiger partial charge in [0, 0.05) is 31.2 Å². The molecule has 3 nitrogen and oxygen atoms in total. The quantitative estimate of drug-likeness (QED) is 0.912. The number of imidazole rings is 1. The second-order valence-electron chi connectivity index (χ2n) is 5.28. The van der Waals surface area contributed by atoms with Crippen molar-refractivity contribution in [1.82, 2.24) is 14.9 Å². The van der Waals surface area contributed by atoms with Gasteiger partial charge in [-0.1, -0.05) is 0 Å². The first kappa shape index (κ1) is 14.4. The molecule has 2 atom stereocenters. The number of nitrogens with zero attached hydrogens (tertiary/aromatic N) is 2. The van der Waals surface area contributed by atoms with Crippen LogP contribution in [-0.4, -0.2) is 21.8 Å². The smallest absolute Gasteiger partial charge is 0.333 e. The van der Waals surface area contributed by atoms with Crippen molar-refractivity contribution in [2.45, 2.75) is 63.8 Å². The lowest BCUT2D eigenvalue weighted by atomic mass is 9.97. The minimum atomic E-state index is -4.07. The Labute approximate surface area is 111 Å². The van der Waals surface area contributed by atoms with E-state index in [0.717, 1.165) is 25.0 Å². The molecule has 0 aromatic carbocycles. The summed E-state index contributed by atoms with van der Waals surface area (Å²) >= 11 is 0. The zero-order chi connectivity index (χ0) is 13.9. The molecular weight excluding hydrogens is 255 g/mol. The van der Waals surface area contributed by atoms with Gasteiger partial charge in [0.2, 0.25) is 0 Å². The van der Waals surface area contributed by atoms with Crippen molar-refractivity contribution in [2.75, 3.05) is 0 Å². The number of hydrogen-bond acceptors (Lipinski definition) is 2. The first-order valence-corrected chi connectivity index (χ1v) is 6.78. The van der Waals surface area contributed by atoms with Gasteiger partial charge in [-0.15, -0.1) is 0 Å². The summed E-state index contributed by atoms with van der Waals surface area (Å²) in [5.41, 5.74) is 1.01. The molecule has 1 fully saturated rings. The van der Waals surface area contributed by atoms with Gasteiger partial charge < -0.3 is 9.88 Å². The van der Waals surface area contributed by atoms with E-state index in [4.69, 9.17) is 0 Å². The molecule has 2 heterocycles. The maximum atomic E-state index is 12.2. The maximum absolute atomic E-state index is 12.2. The summed E-state index contributed by atoms with van der Waals surface area (Å²) in [5, 5.41) is 3.48. The molecule has 1 aliphatic heterocycles. The number of piperidine rings is 1. The summed E-state index contributed by atoms with van der Waals surface area (Å²) in [7, 11) is 0. The van der Waals surface area contributed by atoms with Gasteiger partial charge in [0.15, 0.2) is 0 Å². The van der Waals surface area contributed by atoms with E-state index in [2.05, 4.69) is 17.2 Å². The third-order valence-corrected chi connectivity index (χ3v) is 3.58. The minimum absolute atomic E-state index is 0.106. The molecule has 19 heavy (non-hydrogen) atoms. The molecule has 0 bridgehead atoms. The van der Waals surface area contributed by atoms with Gasteiger partial charge in [-0.05, 0) is 32.6 Å². The van der Waals surface area contributed by atoms with Crippen LogP contribution in [0.25, 0.3) is 0 Å². The topological polar surface area (TPSA) is 29.9 Å². The van der Waals surface area contributed by atoms with Crippen LogP contribution in [0, 0.1) is 0 Å². The first-order valence-electron chi connectivity index (χ1n) is 6.78. The fourth-order valence-corrected chi connectivity index (χ4v) is 2.63. The highest BCUT2D eigenvalue weighted by atomic mass is 19.4. The lowest BCUT2D eigenvalue weighted by molar-refractivity contribution is -0.135. The summed E-state index contributed by atoms with van der Waals surface area (Å²) in [6.07, 6.45) is 2.02. The molecule has 1 N–H and O–H groups in total. The Balaban J connectivity index is 1.93. The van der Waals surface area contributed by atoms with Crippen LogP contribution in [0.1, 0.15) is 50.8 Å². The third-order valence-electron chi connectivity index (χ3n) is 3.58. The summed E-state index contributed by atoms with van der Waals surface area (Å²) in [5.74, 6) is 0. The zero-order valence-corrected chi connectivity index (χ0v) is 11.1. The molecular formula is C13H20F3N3. The van der Waals surface area contributed by atoms with Crippen LogP contribution in [0.5, 0.6) is 0 Å². The molecule has 1 aromatic heterocycles. The van der Waals surface area contributed by atoms with Crippen LogP contribution >= 0.6 is 0 Å². The largest absolute Gasteiger partial charge is 0.389 e. The average molecular weight is 275 g/mol. The Bertz CT molecular complexity index is 400. The normalized spacial score (nSPS) is 24.6. The highest BCUT2D eigenvalue weighted by Crippen LogP contribution is 2.26. The molecule has 0 amide bonds. The number of aromatic nitrogens is 2. The van der Waals surface area contributed by atoms with E-state index in [-0.39, 0.29) is 12.5 Å². The summed E-state index contributed by atoms with van der Waals surface area (Å²) in [4.78, 5) is 4.08. The van der Waals surface area contributed by atoms with Crippen LogP contribution in [0.4, 0.5) is 13.2 Å². The molecule has 1 aromatic rings. The van der Waals surface area contributed by atoms with Crippen LogP contribution < -0.4 is 5.32 Å². The monoisotopic (exact) mass is 275 g/mol. The fourth-order valence-electron chi connectivity index (χ4n) is 2.63. The van der Waals surface area contributed by atoms with Crippen molar-refractivity contribution in [1.29, 1.82) is 0 Å². The number of hydrogen-bond donors (Lipinski definition) is 1. The Kier molecular flexibility index (Phi) is 4.50. The molecule has 1 aliphatic rings. The number of nitrogens with one attached hydrogen (secondary N) is 1. The molecule has 0 aliphatic carbocycles. The van der Waals surface area contributed by atoms with E-state index in [1.165, 1.54) is 0 Å². The van der Waals surface area contributed by atoms with E-state index in [9.17, 15) is 13.2 Å². The number of rotatable bonds is 4. The SMILES string of the molecule is CC1CCCC(c2cncn2CCCC(F)(F)F)N1. The highest BCUT2D eigenvalue weighted by molar-refractivity contribution is 5.07. The average Bonchev–Trinajstić information content (AvgIpc) is 2.75. The van der Waals surface area contributed by atoms with E-state index in [1.807, 2.05) is 4.57 Å². The second-order valence-corrected chi connectivity index (χ2v) is 5.28. The van der Waals surface area contributed by atoms with Gasteiger partial charge in [0.25, 0.3) is 0 Å². The Morgan fingerprint density at radius 2 is 2.21 bits per heavy atom. The van der Waals surface area contributed by atoms with Gasteiger partial charge in [-0.2, -0.15) is 13.2 Å². The van der Waals surface area contributed by atoms with Crippen molar-refractivity contribution >= 4 is 0 Å². The van der Waals surface area contributed by atoms with Crippen molar-refractivity contribution in [3.8, 4) is 0 Å². The van der Waals surface area contributed by atoms with Gasteiger partial charge >= 0.3 is 6.18 Å². The van der Waals surface area contributed by atoms with Crippen molar-refractivity contribution in [2.24, 2.45) is 0 Å². The van der Waals surface area contributed by atoms with Crippen LogP contribution in [0.2, 0.25) is 0 Å².